The smallest absolute Gasteiger partial charge is 0.133 e. The lowest BCUT2D eigenvalue weighted by molar-refractivity contribution is -0.142. The Balaban J connectivity index is 3.02. The highest BCUT2D eigenvalue weighted by Gasteiger charge is 2.50. The maximum Gasteiger partial charge on any atom is 0.133 e. The van der Waals surface area contributed by atoms with Gasteiger partial charge in [-0.05, 0) is 12.8 Å². The Hall–Kier alpha value is -0.670. The molecule has 2 N–H and O–H groups in total. The molecule has 0 spiro atoms. The molecule has 0 aliphatic heterocycles. The second-order valence-electron chi connectivity index (χ2n) is 5.63. The molecule has 1 rings (SSSR count). The van der Waals surface area contributed by atoms with Crippen LogP contribution in [0.2, 0.25) is 0 Å². The fourth-order valence-electron chi connectivity index (χ4n) is 2.55. The van der Waals surface area contributed by atoms with Crippen molar-refractivity contribution in [1.29, 1.82) is 0 Å². The van der Waals surface area contributed by atoms with Crippen LogP contribution in [0, 0.1) is 11.3 Å². The average Bonchev–Trinajstić information content (AvgIpc) is 2.10. The zero-order valence-corrected chi connectivity index (χ0v) is 10.5. The van der Waals surface area contributed by atoms with Crippen molar-refractivity contribution in [2.75, 3.05) is 0 Å². The van der Waals surface area contributed by atoms with Crippen LogP contribution in [0.1, 0.15) is 40.5 Å². The van der Waals surface area contributed by atoms with Crippen LogP contribution in [0.5, 0.6) is 0 Å². The van der Waals surface area contributed by atoms with Gasteiger partial charge in [-0.1, -0.05) is 32.9 Å². The SMILES string of the molecule is CC(O)C=CC1(O)C(C)CC(=O)CC1(C)C. The number of carbonyl (C=O) groups excluding carboxylic acids is 1. The average molecular weight is 226 g/mol. The molecular formula is C13H22O3. The normalized spacial score (nSPS) is 36.6. The van der Waals surface area contributed by atoms with Crippen LogP contribution in [0.4, 0.5) is 0 Å². The summed E-state index contributed by atoms with van der Waals surface area (Å²) < 4.78 is 0. The number of aliphatic hydroxyl groups excluding tert-OH is 1. The molecule has 1 fully saturated rings. The second-order valence-corrected chi connectivity index (χ2v) is 5.63. The van der Waals surface area contributed by atoms with Gasteiger partial charge in [-0.2, -0.15) is 0 Å². The molecule has 0 aromatic rings. The van der Waals surface area contributed by atoms with E-state index in [1.807, 2.05) is 20.8 Å². The molecule has 0 aromatic heterocycles. The lowest BCUT2D eigenvalue weighted by atomic mass is 9.60. The minimum Gasteiger partial charge on any atom is -0.389 e. The van der Waals surface area contributed by atoms with Crippen LogP contribution in [0.15, 0.2) is 12.2 Å². The first-order valence-electron chi connectivity index (χ1n) is 5.80. The third-order valence-corrected chi connectivity index (χ3v) is 3.64. The molecule has 1 aliphatic rings. The van der Waals surface area contributed by atoms with E-state index in [0.717, 1.165) is 0 Å². The van der Waals surface area contributed by atoms with Gasteiger partial charge in [0.1, 0.15) is 5.78 Å². The number of hydrogen-bond acceptors (Lipinski definition) is 3. The zero-order valence-electron chi connectivity index (χ0n) is 10.5. The first-order chi connectivity index (χ1) is 7.19. The summed E-state index contributed by atoms with van der Waals surface area (Å²) in [7, 11) is 0. The fraction of sp³-hybridized carbons (Fsp3) is 0.769. The molecule has 0 heterocycles. The van der Waals surface area contributed by atoms with Gasteiger partial charge in [0, 0.05) is 18.3 Å². The molecule has 3 unspecified atom stereocenters. The fourth-order valence-corrected chi connectivity index (χ4v) is 2.55. The summed E-state index contributed by atoms with van der Waals surface area (Å²) >= 11 is 0. The Bertz CT molecular complexity index is 304. The molecule has 1 aliphatic carbocycles. The molecule has 16 heavy (non-hydrogen) atoms. The van der Waals surface area contributed by atoms with Crippen LogP contribution in [-0.4, -0.2) is 27.7 Å². The highest BCUT2D eigenvalue weighted by Crippen LogP contribution is 2.46. The van der Waals surface area contributed by atoms with Gasteiger partial charge in [-0.25, -0.2) is 0 Å². The van der Waals surface area contributed by atoms with E-state index in [4.69, 9.17) is 0 Å². The van der Waals surface area contributed by atoms with Gasteiger partial charge in [0.05, 0.1) is 11.7 Å². The molecule has 3 atom stereocenters. The van der Waals surface area contributed by atoms with Crippen molar-refractivity contribution < 1.29 is 15.0 Å². The maximum absolute atomic E-state index is 11.5. The van der Waals surface area contributed by atoms with Crippen LogP contribution in [0.25, 0.3) is 0 Å². The first kappa shape index (κ1) is 13.4. The minimum absolute atomic E-state index is 0.112. The third-order valence-electron chi connectivity index (χ3n) is 3.64. The van der Waals surface area contributed by atoms with Crippen LogP contribution < -0.4 is 0 Å². The summed E-state index contributed by atoms with van der Waals surface area (Å²) in [6.45, 7) is 7.32. The van der Waals surface area contributed by atoms with Gasteiger partial charge in [0.15, 0.2) is 0 Å². The van der Waals surface area contributed by atoms with E-state index in [1.54, 1.807) is 19.1 Å². The number of ketones is 1. The Morgan fingerprint density at radius 3 is 2.50 bits per heavy atom. The van der Waals surface area contributed by atoms with Crippen LogP contribution in [-0.2, 0) is 4.79 Å². The van der Waals surface area contributed by atoms with Crippen molar-refractivity contribution in [3.05, 3.63) is 12.2 Å². The summed E-state index contributed by atoms with van der Waals surface area (Å²) in [5, 5.41) is 19.9. The number of carbonyl (C=O) groups is 1. The molecule has 0 radical (unpaired) electrons. The molecule has 0 aromatic carbocycles. The number of hydrogen-bond donors (Lipinski definition) is 2. The van der Waals surface area contributed by atoms with Gasteiger partial charge >= 0.3 is 0 Å². The highest BCUT2D eigenvalue weighted by atomic mass is 16.3. The van der Waals surface area contributed by atoms with Gasteiger partial charge in [-0.15, -0.1) is 0 Å². The summed E-state index contributed by atoms with van der Waals surface area (Å²) in [5.41, 5.74) is -1.50. The summed E-state index contributed by atoms with van der Waals surface area (Å²) in [5.74, 6) is 0.0892. The molecule has 0 saturated heterocycles. The van der Waals surface area contributed by atoms with E-state index in [-0.39, 0.29) is 11.7 Å². The van der Waals surface area contributed by atoms with Gasteiger partial charge in [-0.3, -0.25) is 4.79 Å². The summed E-state index contributed by atoms with van der Waals surface area (Å²) in [6.07, 6.45) is 3.47. The van der Waals surface area contributed by atoms with Crippen molar-refractivity contribution in [3.63, 3.8) is 0 Å². The van der Waals surface area contributed by atoms with Gasteiger partial charge < -0.3 is 10.2 Å². The minimum atomic E-state index is -1.02. The number of Topliss-reactive ketones (excluding diaryl/α,β-unsaturated/α-hetero) is 1. The summed E-state index contributed by atoms with van der Waals surface area (Å²) in [4.78, 5) is 11.5. The van der Waals surface area contributed by atoms with E-state index in [9.17, 15) is 15.0 Å². The quantitative estimate of drug-likeness (QED) is 0.704. The van der Waals surface area contributed by atoms with Crippen molar-refractivity contribution in [3.8, 4) is 0 Å². The van der Waals surface area contributed by atoms with E-state index in [1.165, 1.54) is 0 Å². The standard InChI is InChI=1S/C13H22O3/c1-9-7-11(15)8-12(3,4)13(9,16)6-5-10(2)14/h5-6,9-10,14,16H,7-8H2,1-4H3. The van der Waals surface area contributed by atoms with E-state index in [0.29, 0.717) is 12.8 Å². The number of aliphatic hydroxyl groups is 2. The molecule has 0 amide bonds. The predicted octanol–water partition coefficient (Wildman–Crippen LogP) is 1.68. The largest absolute Gasteiger partial charge is 0.389 e. The summed E-state index contributed by atoms with van der Waals surface area (Å²) in [6, 6.07) is 0. The van der Waals surface area contributed by atoms with E-state index < -0.39 is 17.1 Å². The third kappa shape index (κ3) is 2.36. The molecule has 1 saturated carbocycles. The van der Waals surface area contributed by atoms with E-state index in [2.05, 4.69) is 0 Å². The first-order valence-corrected chi connectivity index (χ1v) is 5.80. The van der Waals surface area contributed by atoms with Gasteiger partial charge in [0.25, 0.3) is 0 Å². The predicted molar refractivity (Wildman–Crippen MR) is 63.0 cm³/mol. The lowest BCUT2D eigenvalue weighted by Crippen LogP contribution is -2.53. The Morgan fingerprint density at radius 2 is 2.06 bits per heavy atom. The van der Waals surface area contributed by atoms with Crippen molar-refractivity contribution >= 4 is 5.78 Å². The van der Waals surface area contributed by atoms with E-state index >= 15 is 0 Å². The maximum atomic E-state index is 11.5. The van der Waals surface area contributed by atoms with Crippen LogP contribution in [0.3, 0.4) is 0 Å². The molecule has 3 nitrogen and oxygen atoms in total. The van der Waals surface area contributed by atoms with Crippen LogP contribution >= 0.6 is 0 Å². The molecule has 92 valence electrons. The lowest BCUT2D eigenvalue weighted by Gasteiger charge is -2.48. The molecular weight excluding hydrogens is 204 g/mol. The molecule has 3 heteroatoms. The Kier molecular flexibility index (Phi) is 3.60. The van der Waals surface area contributed by atoms with Gasteiger partial charge in [0.2, 0.25) is 0 Å². The topological polar surface area (TPSA) is 57.5 Å². The monoisotopic (exact) mass is 226 g/mol. The Morgan fingerprint density at radius 1 is 1.50 bits per heavy atom. The molecule has 0 bridgehead atoms. The van der Waals surface area contributed by atoms with Crippen molar-refractivity contribution in [2.45, 2.75) is 52.2 Å². The van der Waals surface area contributed by atoms with Crippen molar-refractivity contribution in [2.24, 2.45) is 11.3 Å². The highest BCUT2D eigenvalue weighted by molar-refractivity contribution is 5.81. The zero-order chi connectivity index (χ0) is 12.6. The Labute approximate surface area is 97.2 Å². The van der Waals surface area contributed by atoms with Crippen molar-refractivity contribution in [1.82, 2.24) is 0 Å². The number of rotatable bonds is 2. The second kappa shape index (κ2) is 4.30.